The number of H-pyrrole nitrogens is 1. The standard InChI is InChI=1S/C24H28N6O4/c1-13(2)10-20(23(31)32)19(22-27-29-30-28-22)11-18-9-8-17(12-25-18)15-4-6-16(7-5-15)21-14(3)26-24(33)34-21/h4-9,12-14,19-21H,10-11H2,1-3H3,(H,26,33)(H,31,32)(H,27,28,29,30)/t14-,19+,20+,21-/m1/s1. The predicted octanol–water partition coefficient (Wildman–Crippen LogP) is 3.50. The number of aromatic amines is 1. The molecule has 4 rings (SSSR count). The molecule has 0 aliphatic carbocycles. The maximum atomic E-state index is 12.0. The molecule has 3 N–H and O–H groups in total. The highest BCUT2D eigenvalue weighted by atomic mass is 16.6. The van der Waals surface area contributed by atoms with E-state index >= 15 is 0 Å². The van der Waals surface area contributed by atoms with Gasteiger partial charge < -0.3 is 15.2 Å². The first-order valence-electron chi connectivity index (χ1n) is 11.3. The molecule has 0 saturated carbocycles. The summed E-state index contributed by atoms with van der Waals surface area (Å²) in [7, 11) is 0. The molecule has 3 heterocycles. The number of alkyl carbamates (subject to hydrolysis) is 1. The van der Waals surface area contributed by atoms with Crippen molar-refractivity contribution in [3.05, 3.63) is 59.7 Å². The van der Waals surface area contributed by atoms with E-state index in [1.54, 1.807) is 6.20 Å². The van der Waals surface area contributed by atoms with Gasteiger partial charge in [-0.1, -0.05) is 49.4 Å². The maximum absolute atomic E-state index is 12.0. The zero-order valence-electron chi connectivity index (χ0n) is 19.3. The Morgan fingerprint density at radius 2 is 1.88 bits per heavy atom. The molecule has 10 heteroatoms. The topological polar surface area (TPSA) is 143 Å². The van der Waals surface area contributed by atoms with Gasteiger partial charge in [-0.15, -0.1) is 10.2 Å². The van der Waals surface area contributed by atoms with E-state index in [-0.39, 0.29) is 18.1 Å². The third-order valence-corrected chi connectivity index (χ3v) is 6.08. The predicted molar refractivity (Wildman–Crippen MR) is 123 cm³/mol. The van der Waals surface area contributed by atoms with Crippen molar-refractivity contribution in [2.24, 2.45) is 11.8 Å². The number of nitrogens with one attached hydrogen (secondary N) is 2. The van der Waals surface area contributed by atoms with E-state index in [0.29, 0.717) is 18.7 Å². The number of carboxylic acids is 1. The van der Waals surface area contributed by atoms with Crippen LogP contribution in [-0.2, 0) is 16.0 Å². The lowest BCUT2D eigenvalue weighted by atomic mass is 9.82. The van der Waals surface area contributed by atoms with E-state index in [1.807, 2.05) is 57.2 Å². The molecule has 178 valence electrons. The summed E-state index contributed by atoms with van der Waals surface area (Å²) in [4.78, 5) is 28.1. The first-order valence-corrected chi connectivity index (χ1v) is 11.3. The van der Waals surface area contributed by atoms with Crippen molar-refractivity contribution in [1.29, 1.82) is 0 Å². The molecule has 0 radical (unpaired) electrons. The number of ether oxygens (including phenoxy) is 1. The van der Waals surface area contributed by atoms with Crippen LogP contribution in [0.3, 0.4) is 0 Å². The zero-order chi connectivity index (χ0) is 24.2. The largest absolute Gasteiger partial charge is 0.481 e. The normalized spacial score (nSPS) is 19.5. The highest BCUT2D eigenvalue weighted by Crippen LogP contribution is 2.32. The number of hydrogen-bond acceptors (Lipinski definition) is 7. The summed E-state index contributed by atoms with van der Waals surface area (Å²) in [6.07, 6.45) is 1.95. The van der Waals surface area contributed by atoms with Crippen LogP contribution in [0, 0.1) is 11.8 Å². The Morgan fingerprint density at radius 3 is 2.41 bits per heavy atom. The van der Waals surface area contributed by atoms with E-state index in [4.69, 9.17) is 4.74 Å². The molecule has 10 nitrogen and oxygen atoms in total. The minimum absolute atomic E-state index is 0.0863. The van der Waals surface area contributed by atoms with Gasteiger partial charge in [0.05, 0.1) is 12.0 Å². The van der Waals surface area contributed by atoms with Crippen molar-refractivity contribution in [3.63, 3.8) is 0 Å². The van der Waals surface area contributed by atoms with Crippen molar-refractivity contribution in [2.75, 3.05) is 0 Å². The van der Waals surface area contributed by atoms with Crippen LogP contribution in [0.2, 0.25) is 0 Å². The fourth-order valence-corrected chi connectivity index (χ4v) is 4.36. The van der Waals surface area contributed by atoms with E-state index in [0.717, 1.165) is 22.4 Å². The van der Waals surface area contributed by atoms with Crippen LogP contribution in [0.15, 0.2) is 42.6 Å². The van der Waals surface area contributed by atoms with Gasteiger partial charge in [0.15, 0.2) is 5.82 Å². The van der Waals surface area contributed by atoms with Gasteiger partial charge in [-0.05, 0) is 36.5 Å². The lowest BCUT2D eigenvalue weighted by Gasteiger charge is -2.22. The minimum atomic E-state index is -0.877. The molecule has 1 saturated heterocycles. The van der Waals surface area contributed by atoms with Gasteiger partial charge in [-0.2, -0.15) is 5.21 Å². The highest BCUT2D eigenvalue weighted by Gasteiger charge is 2.34. The number of aliphatic carboxylic acids is 1. The molecule has 0 spiro atoms. The molecule has 1 aliphatic rings. The Labute approximate surface area is 197 Å². The SMILES string of the molecule is CC(C)C[C@H](C(=O)O)[C@H](Cc1ccc(-c2ccc([C@@H]3OC(=O)N[C@@H]3C)cc2)cn1)c1nn[nH]n1. The maximum Gasteiger partial charge on any atom is 0.408 e. The molecule has 3 aromatic rings. The Kier molecular flexibility index (Phi) is 6.85. The molecule has 2 aromatic heterocycles. The number of nitrogens with zero attached hydrogens (tertiary/aromatic N) is 4. The number of aromatic nitrogens is 5. The average molecular weight is 465 g/mol. The van der Waals surface area contributed by atoms with Crippen molar-refractivity contribution in [2.45, 2.75) is 51.7 Å². The summed E-state index contributed by atoms with van der Waals surface area (Å²) in [5, 5.41) is 26.8. The van der Waals surface area contributed by atoms with E-state index < -0.39 is 23.9 Å². The van der Waals surface area contributed by atoms with E-state index in [2.05, 4.69) is 30.9 Å². The number of carbonyl (C=O) groups is 2. The van der Waals surface area contributed by atoms with E-state index in [9.17, 15) is 14.7 Å². The van der Waals surface area contributed by atoms with Gasteiger partial charge in [-0.3, -0.25) is 9.78 Å². The smallest absolute Gasteiger partial charge is 0.408 e. The van der Waals surface area contributed by atoms with Crippen LogP contribution in [0.4, 0.5) is 4.79 Å². The van der Waals surface area contributed by atoms with Crippen LogP contribution < -0.4 is 5.32 Å². The number of cyclic esters (lactones) is 1. The average Bonchev–Trinajstić information content (AvgIpc) is 3.46. The second-order valence-electron chi connectivity index (χ2n) is 9.07. The van der Waals surface area contributed by atoms with Crippen LogP contribution in [-0.4, -0.2) is 48.8 Å². The summed E-state index contributed by atoms with van der Waals surface area (Å²) in [5.41, 5.74) is 3.58. The lowest BCUT2D eigenvalue weighted by molar-refractivity contribution is -0.143. The van der Waals surface area contributed by atoms with E-state index in [1.165, 1.54) is 0 Å². The van der Waals surface area contributed by atoms with Gasteiger partial charge in [0.25, 0.3) is 0 Å². The summed E-state index contributed by atoms with van der Waals surface area (Å²) >= 11 is 0. The molecule has 1 fully saturated rings. The van der Waals surface area contributed by atoms with Crippen LogP contribution in [0.5, 0.6) is 0 Å². The number of carbonyl (C=O) groups excluding carboxylic acids is 1. The third-order valence-electron chi connectivity index (χ3n) is 6.08. The number of hydrogen-bond donors (Lipinski definition) is 3. The van der Waals surface area contributed by atoms with Crippen LogP contribution in [0.1, 0.15) is 56.3 Å². The molecule has 34 heavy (non-hydrogen) atoms. The number of benzene rings is 1. The fourth-order valence-electron chi connectivity index (χ4n) is 4.36. The number of pyridine rings is 1. The van der Waals surface area contributed by atoms with Gasteiger partial charge in [-0.25, -0.2) is 4.79 Å². The first kappa shape index (κ1) is 23.3. The molecule has 0 bridgehead atoms. The van der Waals surface area contributed by atoms with Gasteiger partial charge in [0.2, 0.25) is 0 Å². The molecule has 0 unspecified atom stereocenters. The Morgan fingerprint density at radius 1 is 1.15 bits per heavy atom. The number of amides is 1. The van der Waals surface area contributed by atoms with Crippen LogP contribution in [0.25, 0.3) is 11.1 Å². The monoisotopic (exact) mass is 464 g/mol. The third kappa shape index (κ3) is 5.22. The zero-order valence-corrected chi connectivity index (χ0v) is 19.3. The molecular weight excluding hydrogens is 436 g/mol. The second kappa shape index (κ2) is 9.98. The van der Waals surface area contributed by atoms with Gasteiger partial charge in [0, 0.05) is 29.8 Å². The molecular formula is C24H28N6O4. The van der Waals surface area contributed by atoms with Crippen molar-refractivity contribution in [3.8, 4) is 11.1 Å². The molecule has 1 amide bonds. The number of tetrazole rings is 1. The van der Waals surface area contributed by atoms with Crippen LogP contribution >= 0.6 is 0 Å². The Hall–Kier alpha value is -3.82. The second-order valence-corrected chi connectivity index (χ2v) is 9.07. The molecule has 1 aromatic carbocycles. The Bertz CT molecular complexity index is 1120. The van der Waals surface area contributed by atoms with Crippen molar-refractivity contribution < 1.29 is 19.4 Å². The minimum Gasteiger partial charge on any atom is -0.481 e. The summed E-state index contributed by atoms with van der Waals surface area (Å²) in [6, 6.07) is 11.6. The highest BCUT2D eigenvalue weighted by molar-refractivity contribution is 5.71. The van der Waals surface area contributed by atoms with Crippen molar-refractivity contribution >= 4 is 12.1 Å². The summed E-state index contributed by atoms with van der Waals surface area (Å²) in [5.74, 6) is -1.38. The van der Waals surface area contributed by atoms with Gasteiger partial charge in [0.1, 0.15) is 6.10 Å². The lowest BCUT2D eigenvalue weighted by Crippen LogP contribution is -2.26. The number of carboxylic acid groups (broad SMARTS) is 1. The quantitative estimate of drug-likeness (QED) is 0.437. The fraction of sp³-hybridized carbons (Fsp3) is 0.417. The Balaban J connectivity index is 1.51. The molecule has 4 atom stereocenters. The van der Waals surface area contributed by atoms with Crippen molar-refractivity contribution in [1.82, 2.24) is 30.9 Å². The first-order chi connectivity index (χ1) is 16.3. The summed E-state index contributed by atoms with van der Waals surface area (Å²) in [6.45, 7) is 5.90. The summed E-state index contributed by atoms with van der Waals surface area (Å²) < 4.78 is 5.33. The van der Waals surface area contributed by atoms with Gasteiger partial charge >= 0.3 is 12.1 Å². The molecule has 1 aliphatic heterocycles. The number of rotatable bonds is 9.